The summed E-state index contributed by atoms with van der Waals surface area (Å²) < 4.78 is 26.0. The van der Waals surface area contributed by atoms with Crippen molar-refractivity contribution >= 4 is 17.4 Å². The van der Waals surface area contributed by atoms with Crippen LogP contribution in [0, 0.1) is 11.6 Å². The number of piperazine rings is 1. The molecule has 1 aromatic heterocycles. The van der Waals surface area contributed by atoms with Crippen molar-refractivity contribution in [3.8, 4) is 0 Å². The molecule has 0 bridgehead atoms. The van der Waals surface area contributed by atoms with E-state index in [1.54, 1.807) is 0 Å². The van der Waals surface area contributed by atoms with Gasteiger partial charge in [-0.1, -0.05) is 6.07 Å². The number of aromatic nitrogens is 1. The van der Waals surface area contributed by atoms with Crippen LogP contribution in [-0.4, -0.2) is 38.6 Å². The highest BCUT2D eigenvalue weighted by molar-refractivity contribution is 5.91. The quantitative estimate of drug-likeness (QED) is 0.835. The van der Waals surface area contributed by atoms with Crippen LogP contribution >= 0.6 is 0 Å². The maximum absolute atomic E-state index is 13.2. The summed E-state index contributed by atoms with van der Waals surface area (Å²) in [6, 6.07) is 9.31. The van der Waals surface area contributed by atoms with E-state index in [-0.39, 0.29) is 11.6 Å². The third-order valence-corrected chi connectivity index (χ3v) is 4.12. The molecule has 1 aromatic carbocycles. The minimum absolute atomic E-state index is 0.198. The molecule has 1 aliphatic rings. The van der Waals surface area contributed by atoms with Gasteiger partial charge in [0.05, 0.1) is 6.20 Å². The summed E-state index contributed by atoms with van der Waals surface area (Å²) >= 11 is 0. The zero-order valence-corrected chi connectivity index (χ0v) is 13.2. The average Bonchev–Trinajstić information content (AvgIpc) is 2.59. The molecule has 7 heteroatoms. The molecule has 5 nitrogen and oxygen atoms in total. The molecule has 3 N–H and O–H groups in total. The normalized spacial score (nSPS) is 15.3. The lowest BCUT2D eigenvalue weighted by atomic mass is 10.2. The van der Waals surface area contributed by atoms with Crippen LogP contribution in [0.25, 0.3) is 0 Å². The first kappa shape index (κ1) is 16.3. The molecule has 2 heterocycles. The summed E-state index contributed by atoms with van der Waals surface area (Å²) in [6.45, 7) is 3.70. The van der Waals surface area contributed by atoms with Gasteiger partial charge in [0.15, 0.2) is 18.2 Å². The molecule has 0 unspecified atom stereocenters. The highest BCUT2D eigenvalue weighted by Crippen LogP contribution is 2.12. The summed E-state index contributed by atoms with van der Waals surface area (Å²) in [5.74, 6) is -1.01. The Kier molecular flexibility index (Phi) is 5.00. The fourth-order valence-corrected chi connectivity index (χ4v) is 2.83. The molecule has 1 amide bonds. The molecule has 0 aliphatic carbocycles. The van der Waals surface area contributed by atoms with Crippen LogP contribution < -0.4 is 20.1 Å². The Morgan fingerprint density at radius 3 is 2.62 bits per heavy atom. The highest BCUT2D eigenvalue weighted by Gasteiger charge is 2.27. The van der Waals surface area contributed by atoms with E-state index < -0.39 is 11.6 Å². The van der Waals surface area contributed by atoms with Gasteiger partial charge in [0.2, 0.25) is 0 Å². The fraction of sp³-hybridized carbons (Fsp3) is 0.294. The lowest BCUT2D eigenvalue weighted by molar-refractivity contribution is -0.892. The number of anilines is 2. The second kappa shape index (κ2) is 7.35. The third kappa shape index (κ3) is 4.05. The molecular weight excluding hydrogens is 314 g/mol. The molecule has 126 valence electrons. The first-order chi connectivity index (χ1) is 11.6. The van der Waals surface area contributed by atoms with Crippen LogP contribution in [-0.2, 0) is 4.79 Å². The number of hydrogen-bond acceptors (Lipinski definition) is 2. The third-order valence-electron chi connectivity index (χ3n) is 4.12. The molecule has 2 aromatic rings. The Balaban J connectivity index is 1.49. The van der Waals surface area contributed by atoms with E-state index in [4.69, 9.17) is 0 Å². The largest absolute Gasteiger partial charge is 0.321 e. The van der Waals surface area contributed by atoms with Gasteiger partial charge in [0.1, 0.15) is 26.2 Å². The summed E-state index contributed by atoms with van der Waals surface area (Å²) in [4.78, 5) is 18.7. The van der Waals surface area contributed by atoms with Crippen molar-refractivity contribution in [1.29, 1.82) is 0 Å². The van der Waals surface area contributed by atoms with Gasteiger partial charge >= 0.3 is 0 Å². The van der Waals surface area contributed by atoms with E-state index in [1.165, 1.54) is 11.0 Å². The first-order valence-corrected chi connectivity index (χ1v) is 7.92. The first-order valence-electron chi connectivity index (χ1n) is 7.92. The van der Waals surface area contributed by atoms with Crippen LogP contribution in [0.1, 0.15) is 0 Å². The predicted molar refractivity (Wildman–Crippen MR) is 85.8 cm³/mol. The van der Waals surface area contributed by atoms with Gasteiger partial charge in [-0.25, -0.2) is 13.8 Å². The van der Waals surface area contributed by atoms with E-state index in [2.05, 4.69) is 15.2 Å². The molecule has 0 radical (unpaired) electrons. The van der Waals surface area contributed by atoms with Gasteiger partial charge in [0, 0.05) is 17.8 Å². The second-order valence-electron chi connectivity index (χ2n) is 5.84. The lowest BCUT2D eigenvalue weighted by Crippen LogP contribution is -3.15. The topological polar surface area (TPSA) is 50.9 Å². The van der Waals surface area contributed by atoms with E-state index in [9.17, 15) is 13.6 Å². The van der Waals surface area contributed by atoms with E-state index in [0.717, 1.165) is 44.1 Å². The number of aromatic amines is 1. The number of carbonyl (C=O) groups excluding carboxylic acids is 1. The minimum Gasteiger partial charge on any atom is -0.321 e. The van der Waals surface area contributed by atoms with Crippen LogP contribution in [0.4, 0.5) is 20.3 Å². The number of rotatable bonds is 4. The van der Waals surface area contributed by atoms with Crippen LogP contribution in [0.2, 0.25) is 0 Å². The van der Waals surface area contributed by atoms with Crippen molar-refractivity contribution in [3.63, 3.8) is 0 Å². The standard InChI is InChI=1S/C17H18F2N4O/c18-14-5-4-13(11-15(14)19)21-17(24)12-22-7-9-23(10-8-22)16-3-1-2-6-20-16/h1-6,11H,7-10,12H2,(H,21,24)/p+2. The number of nitrogens with one attached hydrogen (secondary N) is 3. The molecule has 1 fully saturated rings. The Morgan fingerprint density at radius 2 is 1.96 bits per heavy atom. The van der Waals surface area contributed by atoms with Crippen molar-refractivity contribution in [2.45, 2.75) is 0 Å². The van der Waals surface area contributed by atoms with Crippen molar-refractivity contribution in [2.75, 3.05) is 42.9 Å². The molecule has 0 atom stereocenters. The highest BCUT2D eigenvalue weighted by atomic mass is 19.2. The summed E-state index contributed by atoms with van der Waals surface area (Å²) in [5, 5.41) is 2.61. The van der Waals surface area contributed by atoms with Gasteiger partial charge < -0.3 is 10.2 Å². The Labute approximate surface area is 138 Å². The fourth-order valence-electron chi connectivity index (χ4n) is 2.83. The zero-order chi connectivity index (χ0) is 16.9. The number of benzene rings is 1. The van der Waals surface area contributed by atoms with Gasteiger partial charge in [-0.05, 0) is 18.2 Å². The smallest absolute Gasteiger partial charge is 0.279 e. The summed E-state index contributed by atoms with van der Waals surface area (Å²) in [6.07, 6.45) is 1.89. The van der Waals surface area contributed by atoms with E-state index in [1.807, 2.05) is 24.4 Å². The van der Waals surface area contributed by atoms with Gasteiger partial charge in [-0.3, -0.25) is 9.69 Å². The zero-order valence-electron chi connectivity index (χ0n) is 13.2. The number of nitrogens with zero attached hydrogens (tertiary/aromatic N) is 1. The van der Waals surface area contributed by atoms with Gasteiger partial charge in [-0.2, -0.15) is 0 Å². The van der Waals surface area contributed by atoms with Crippen LogP contribution in [0.15, 0.2) is 42.6 Å². The number of pyridine rings is 1. The van der Waals surface area contributed by atoms with Gasteiger partial charge in [-0.15, -0.1) is 0 Å². The number of quaternary nitrogens is 1. The number of halogens is 2. The lowest BCUT2D eigenvalue weighted by Gasteiger charge is -2.27. The molecule has 3 rings (SSSR count). The molecular formula is C17H20F2N4O+2. The Morgan fingerprint density at radius 1 is 1.17 bits per heavy atom. The Bertz CT molecular complexity index is 703. The van der Waals surface area contributed by atoms with Crippen molar-refractivity contribution in [3.05, 3.63) is 54.2 Å². The van der Waals surface area contributed by atoms with E-state index >= 15 is 0 Å². The molecule has 1 aliphatic heterocycles. The number of H-pyrrole nitrogens is 1. The van der Waals surface area contributed by atoms with Crippen LogP contribution in [0.5, 0.6) is 0 Å². The molecule has 0 spiro atoms. The van der Waals surface area contributed by atoms with Crippen LogP contribution in [0.3, 0.4) is 0 Å². The molecule has 24 heavy (non-hydrogen) atoms. The number of hydrogen-bond donors (Lipinski definition) is 2. The van der Waals surface area contributed by atoms with Crippen molar-refractivity contribution in [1.82, 2.24) is 0 Å². The maximum Gasteiger partial charge on any atom is 0.279 e. The van der Waals surface area contributed by atoms with Crippen molar-refractivity contribution in [2.24, 2.45) is 0 Å². The molecule has 0 saturated carbocycles. The summed E-state index contributed by atoms with van der Waals surface area (Å²) in [7, 11) is 0. The molecule has 1 saturated heterocycles. The monoisotopic (exact) mass is 334 g/mol. The second-order valence-corrected chi connectivity index (χ2v) is 5.84. The average molecular weight is 334 g/mol. The Hall–Kier alpha value is -2.54. The van der Waals surface area contributed by atoms with E-state index in [0.29, 0.717) is 6.54 Å². The number of carbonyl (C=O) groups is 1. The predicted octanol–water partition coefficient (Wildman–Crippen LogP) is 0.123. The SMILES string of the molecule is O=C(C[NH+]1CCN(c2cccc[nH+]2)CC1)Nc1ccc(F)c(F)c1. The maximum atomic E-state index is 13.2. The van der Waals surface area contributed by atoms with Crippen molar-refractivity contribution < 1.29 is 23.5 Å². The summed E-state index contributed by atoms with van der Waals surface area (Å²) in [5.41, 5.74) is 0.274. The van der Waals surface area contributed by atoms with Gasteiger partial charge in [0.25, 0.3) is 11.7 Å². The number of amides is 1. The minimum atomic E-state index is -0.965.